The Balaban J connectivity index is 1.30. The van der Waals surface area contributed by atoms with Crippen LogP contribution in [-0.4, -0.2) is 74.6 Å². The minimum absolute atomic E-state index is 0.198. The Morgan fingerprint density at radius 1 is 1.19 bits per heavy atom. The second kappa shape index (κ2) is 8.72. The first-order valence-corrected chi connectivity index (χ1v) is 11.8. The van der Waals surface area contributed by atoms with Gasteiger partial charge in [0.05, 0.1) is 30.3 Å². The number of benzene rings is 1. The number of allylic oxidation sites excluding steroid dienone is 1. The van der Waals surface area contributed by atoms with Crippen molar-refractivity contribution in [3.63, 3.8) is 0 Å². The van der Waals surface area contributed by atoms with Crippen LogP contribution in [0.1, 0.15) is 19.9 Å². The molecule has 0 spiro atoms. The molecule has 4 aromatic rings. The molecule has 1 aromatic carbocycles. The molecule has 0 aliphatic carbocycles. The van der Waals surface area contributed by atoms with Crippen LogP contribution in [0.5, 0.6) is 0 Å². The minimum Gasteiger partial charge on any atom is -0.378 e. The zero-order valence-electron chi connectivity index (χ0n) is 20.3. The van der Waals surface area contributed by atoms with Gasteiger partial charge in [-0.15, -0.1) is 0 Å². The van der Waals surface area contributed by atoms with Crippen molar-refractivity contribution in [1.82, 2.24) is 35.4 Å². The number of anilines is 3. The van der Waals surface area contributed by atoms with Gasteiger partial charge in [-0.3, -0.25) is 9.89 Å². The fourth-order valence-corrected chi connectivity index (χ4v) is 4.81. The van der Waals surface area contributed by atoms with E-state index in [1.807, 2.05) is 56.1 Å². The van der Waals surface area contributed by atoms with Crippen LogP contribution in [0.3, 0.4) is 0 Å². The maximum absolute atomic E-state index is 13.4. The highest BCUT2D eigenvalue weighted by atomic mass is 16.5. The molecule has 0 unspecified atom stereocenters. The van der Waals surface area contributed by atoms with Gasteiger partial charge in [-0.25, -0.2) is 9.67 Å². The zero-order chi connectivity index (χ0) is 24.8. The molecule has 2 N–H and O–H groups in total. The van der Waals surface area contributed by atoms with Crippen molar-refractivity contribution in [2.45, 2.75) is 19.9 Å². The van der Waals surface area contributed by atoms with Crippen LogP contribution >= 0.6 is 0 Å². The van der Waals surface area contributed by atoms with Gasteiger partial charge in [0.1, 0.15) is 11.5 Å². The predicted molar refractivity (Wildman–Crippen MR) is 135 cm³/mol. The molecular weight excluding hydrogens is 460 g/mol. The van der Waals surface area contributed by atoms with Gasteiger partial charge in [-0.2, -0.15) is 5.10 Å². The van der Waals surface area contributed by atoms with E-state index in [0.717, 1.165) is 46.8 Å². The summed E-state index contributed by atoms with van der Waals surface area (Å²) < 4.78 is 7.11. The summed E-state index contributed by atoms with van der Waals surface area (Å²) in [4.78, 5) is 22.0. The highest BCUT2D eigenvalue weighted by molar-refractivity contribution is 6.07. The Kier molecular flexibility index (Phi) is 5.37. The van der Waals surface area contributed by atoms with E-state index in [2.05, 4.69) is 40.9 Å². The highest BCUT2D eigenvalue weighted by Crippen LogP contribution is 2.34. The zero-order valence-corrected chi connectivity index (χ0v) is 20.3. The number of tetrazole rings is 1. The summed E-state index contributed by atoms with van der Waals surface area (Å²) in [6, 6.07) is 9.42. The van der Waals surface area contributed by atoms with Gasteiger partial charge in [-0.05, 0) is 54.6 Å². The van der Waals surface area contributed by atoms with E-state index in [1.165, 1.54) is 0 Å². The Bertz CT molecular complexity index is 1480. The first kappa shape index (κ1) is 22.2. The number of nitrogens with one attached hydrogen (secondary N) is 2. The molecular formula is C24H26N10O2. The summed E-state index contributed by atoms with van der Waals surface area (Å²) in [5.74, 6) is 1.31. The van der Waals surface area contributed by atoms with E-state index in [1.54, 1.807) is 10.9 Å². The number of aromatic amines is 1. The van der Waals surface area contributed by atoms with Crippen molar-refractivity contribution in [2.24, 2.45) is 0 Å². The van der Waals surface area contributed by atoms with E-state index in [0.29, 0.717) is 30.4 Å². The fourth-order valence-electron chi connectivity index (χ4n) is 4.81. The summed E-state index contributed by atoms with van der Waals surface area (Å²) in [7, 11) is 1.85. The summed E-state index contributed by atoms with van der Waals surface area (Å²) in [6.07, 6.45) is 1.80. The number of hydrogen-bond donors (Lipinski definition) is 2. The van der Waals surface area contributed by atoms with E-state index < -0.39 is 0 Å². The molecule has 3 aromatic heterocycles. The molecule has 1 fully saturated rings. The topological polar surface area (TPSA) is 130 Å². The second-order valence-corrected chi connectivity index (χ2v) is 8.95. The summed E-state index contributed by atoms with van der Waals surface area (Å²) in [5.41, 5.74) is 4.72. The average Bonchev–Trinajstić information content (AvgIpc) is 3.56. The monoisotopic (exact) mass is 486 g/mol. The van der Waals surface area contributed by atoms with Gasteiger partial charge in [0.25, 0.3) is 5.91 Å². The Labute approximate surface area is 206 Å². The third-order valence-electron chi connectivity index (χ3n) is 6.87. The summed E-state index contributed by atoms with van der Waals surface area (Å²) >= 11 is 0. The molecule has 1 saturated heterocycles. The van der Waals surface area contributed by atoms with Gasteiger partial charge in [-0.1, -0.05) is 5.10 Å². The maximum atomic E-state index is 13.4. The van der Waals surface area contributed by atoms with Crippen LogP contribution < -0.4 is 15.1 Å². The number of H-pyrrole nitrogens is 1. The Morgan fingerprint density at radius 3 is 2.86 bits per heavy atom. The molecule has 184 valence electrons. The molecule has 36 heavy (non-hydrogen) atoms. The standard InChI is InChI=1S/C24H26N10O2/c1-14-21(15(2)34-24(32(14)3)29-30-31-34)23(35)26-17-4-5-19-18(13-17)22(28-27-19)16-6-7-25-20(12-16)33-8-10-36-11-9-33/h4-7,12-13,15H,8-11H2,1-3H3,(H,26,35)(H,27,28)/t15-/m0/s1. The lowest BCUT2D eigenvalue weighted by Gasteiger charge is -2.30. The largest absolute Gasteiger partial charge is 0.378 e. The van der Waals surface area contributed by atoms with Crippen LogP contribution in [0.4, 0.5) is 17.5 Å². The summed E-state index contributed by atoms with van der Waals surface area (Å²) in [5, 5.41) is 23.5. The van der Waals surface area contributed by atoms with Crippen molar-refractivity contribution in [2.75, 3.05) is 48.5 Å². The number of nitrogens with zero attached hydrogens (tertiary/aromatic N) is 8. The smallest absolute Gasteiger partial charge is 0.255 e. The van der Waals surface area contributed by atoms with Gasteiger partial charge in [0, 0.05) is 48.7 Å². The van der Waals surface area contributed by atoms with Crippen LogP contribution in [0.15, 0.2) is 47.8 Å². The minimum atomic E-state index is -0.296. The van der Waals surface area contributed by atoms with E-state index in [9.17, 15) is 4.79 Å². The number of amides is 1. The quantitative estimate of drug-likeness (QED) is 0.446. The fraction of sp³-hybridized carbons (Fsp3) is 0.333. The molecule has 0 radical (unpaired) electrons. The SMILES string of the molecule is CC1=C(C(=O)Nc2ccc3[nH]nc(-c4ccnc(N5CCOCC5)c4)c3c2)[C@H](C)n2nnnc2N1C. The number of hydrogen-bond acceptors (Lipinski definition) is 9. The number of morpholine rings is 1. The molecule has 1 amide bonds. The molecule has 1 atom stereocenters. The van der Waals surface area contributed by atoms with Crippen LogP contribution in [0, 0.1) is 0 Å². The highest BCUT2D eigenvalue weighted by Gasteiger charge is 2.32. The molecule has 0 saturated carbocycles. The molecule has 12 nitrogen and oxygen atoms in total. The Morgan fingerprint density at radius 2 is 2.03 bits per heavy atom. The number of carbonyl (C=O) groups is 1. The van der Waals surface area contributed by atoms with Crippen LogP contribution in [0.2, 0.25) is 0 Å². The number of fused-ring (bicyclic) bond motifs is 2. The molecule has 5 heterocycles. The number of ether oxygens (including phenoxy) is 1. The molecule has 0 bridgehead atoms. The van der Waals surface area contributed by atoms with E-state index in [-0.39, 0.29) is 11.9 Å². The van der Waals surface area contributed by atoms with Gasteiger partial charge in [0.2, 0.25) is 5.95 Å². The average molecular weight is 487 g/mol. The molecule has 2 aliphatic rings. The number of pyridine rings is 1. The van der Waals surface area contributed by atoms with Gasteiger partial charge >= 0.3 is 0 Å². The first-order valence-electron chi connectivity index (χ1n) is 11.8. The number of carbonyl (C=O) groups excluding carboxylic acids is 1. The predicted octanol–water partition coefficient (Wildman–Crippen LogP) is 2.37. The molecule has 2 aliphatic heterocycles. The molecule has 6 rings (SSSR count). The van der Waals surface area contributed by atoms with Crippen molar-refractivity contribution in [3.8, 4) is 11.3 Å². The molecule has 12 heteroatoms. The van der Waals surface area contributed by atoms with Gasteiger partial charge in [0.15, 0.2) is 0 Å². The lowest BCUT2D eigenvalue weighted by Crippen LogP contribution is -2.36. The maximum Gasteiger partial charge on any atom is 0.255 e. The van der Waals surface area contributed by atoms with Crippen LogP contribution in [0.25, 0.3) is 22.2 Å². The number of aromatic nitrogens is 7. The lowest BCUT2D eigenvalue weighted by molar-refractivity contribution is -0.113. The third kappa shape index (κ3) is 3.66. The van der Waals surface area contributed by atoms with Crippen molar-refractivity contribution in [3.05, 3.63) is 47.8 Å². The van der Waals surface area contributed by atoms with Crippen LogP contribution in [-0.2, 0) is 9.53 Å². The van der Waals surface area contributed by atoms with Gasteiger partial charge < -0.3 is 19.9 Å². The normalized spacial score (nSPS) is 18.0. The van der Waals surface area contributed by atoms with Crippen molar-refractivity contribution < 1.29 is 9.53 Å². The van der Waals surface area contributed by atoms with Crippen molar-refractivity contribution >= 4 is 34.3 Å². The van der Waals surface area contributed by atoms with E-state index >= 15 is 0 Å². The Hall–Kier alpha value is -4.32. The summed E-state index contributed by atoms with van der Waals surface area (Å²) in [6.45, 7) is 6.82. The van der Waals surface area contributed by atoms with E-state index in [4.69, 9.17) is 4.74 Å². The number of rotatable bonds is 4. The second-order valence-electron chi connectivity index (χ2n) is 8.95. The first-order chi connectivity index (χ1) is 17.5. The van der Waals surface area contributed by atoms with Crippen molar-refractivity contribution in [1.29, 1.82) is 0 Å². The third-order valence-corrected chi connectivity index (χ3v) is 6.87. The lowest BCUT2D eigenvalue weighted by atomic mass is 10.0.